The Labute approximate surface area is 129 Å². The zero-order chi connectivity index (χ0) is 15.2. The highest BCUT2D eigenvalue weighted by atomic mass is 32.1. The summed E-state index contributed by atoms with van der Waals surface area (Å²) in [6.45, 7) is 5.33. The van der Waals surface area contributed by atoms with Gasteiger partial charge >= 0.3 is 6.03 Å². The van der Waals surface area contributed by atoms with E-state index in [0.717, 1.165) is 37.1 Å². The Balaban J connectivity index is 1.80. The third-order valence-electron chi connectivity index (χ3n) is 3.93. The van der Waals surface area contributed by atoms with Crippen molar-refractivity contribution >= 4 is 22.5 Å². The van der Waals surface area contributed by atoms with Gasteiger partial charge in [-0.15, -0.1) is 10.2 Å². The van der Waals surface area contributed by atoms with E-state index in [4.69, 9.17) is 0 Å². The lowest BCUT2D eigenvalue weighted by Gasteiger charge is -2.32. The van der Waals surface area contributed by atoms with Crippen LogP contribution in [0.15, 0.2) is 0 Å². The number of unbranched alkanes of at least 4 members (excludes halogenated alkanes) is 1. The minimum Gasteiger partial charge on any atom is -0.393 e. The van der Waals surface area contributed by atoms with E-state index in [9.17, 15) is 9.90 Å². The minimum absolute atomic E-state index is 0.114. The molecule has 1 aliphatic rings. The summed E-state index contributed by atoms with van der Waals surface area (Å²) in [5.74, 6) is 0.302. The largest absolute Gasteiger partial charge is 0.393 e. The fourth-order valence-corrected chi connectivity index (χ4v) is 3.26. The number of anilines is 1. The number of carbonyl (C=O) groups excluding carboxylic acids is 1. The molecule has 0 aliphatic carbocycles. The number of urea groups is 1. The molecule has 0 saturated carbocycles. The molecule has 118 valence electrons. The second-order valence-corrected chi connectivity index (χ2v) is 6.66. The van der Waals surface area contributed by atoms with Crippen LogP contribution in [0.4, 0.5) is 9.93 Å². The van der Waals surface area contributed by atoms with Crippen molar-refractivity contribution in [2.45, 2.75) is 52.1 Å². The van der Waals surface area contributed by atoms with Gasteiger partial charge in [0.05, 0.1) is 6.10 Å². The number of piperidine rings is 1. The second kappa shape index (κ2) is 7.70. The van der Waals surface area contributed by atoms with Crippen LogP contribution in [0.3, 0.4) is 0 Å². The number of hydrogen-bond acceptors (Lipinski definition) is 5. The number of aryl methyl sites for hydroxylation is 1. The first-order valence-corrected chi connectivity index (χ1v) is 8.48. The van der Waals surface area contributed by atoms with Crippen molar-refractivity contribution in [2.75, 3.05) is 18.4 Å². The van der Waals surface area contributed by atoms with Crippen molar-refractivity contribution in [3.63, 3.8) is 0 Å². The lowest BCUT2D eigenvalue weighted by atomic mass is 9.92. The van der Waals surface area contributed by atoms with Crippen LogP contribution in [-0.2, 0) is 6.42 Å². The highest BCUT2D eigenvalue weighted by Crippen LogP contribution is 2.22. The van der Waals surface area contributed by atoms with E-state index in [1.165, 1.54) is 11.3 Å². The average molecular weight is 312 g/mol. The summed E-state index contributed by atoms with van der Waals surface area (Å²) in [5, 5.41) is 22.0. The molecule has 1 aliphatic heterocycles. The predicted octanol–water partition coefficient (Wildman–Crippen LogP) is 2.51. The number of likely N-dealkylation sites (tertiary alicyclic amines) is 1. The number of aliphatic hydroxyl groups is 1. The highest BCUT2D eigenvalue weighted by molar-refractivity contribution is 7.15. The standard InChI is InChI=1S/C14H24N4O2S/c1-3-4-5-12-16-17-13(21-12)15-14(20)18-8-6-11(7-9-18)10(2)19/h10-11,19H,3-9H2,1-2H3,(H,15,17,20). The van der Waals surface area contributed by atoms with Gasteiger partial charge in [-0.1, -0.05) is 24.7 Å². The smallest absolute Gasteiger partial charge is 0.323 e. The Morgan fingerprint density at radius 2 is 2.19 bits per heavy atom. The van der Waals surface area contributed by atoms with Gasteiger partial charge in [0.25, 0.3) is 0 Å². The summed E-state index contributed by atoms with van der Waals surface area (Å²) in [4.78, 5) is 13.9. The number of aromatic nitrogens is 2. The van der Waals surface area contributed by atoms with Crippen LogP contribution in [0, 0.1) is 5.92 Å². The van der Waals surface area contributed by atoms with Gasteiger partial charge in [0.1, 0.15) is 5.01 Å². The van der Waals surface area contributed by atoms with Crippen LogP contribution < -0.4 is 5.32 Å². The molecular weight excluding hydrogens is 288 g/mol. The molecule has 1 fully saturated rings. The molecule has 0 radical (unpaired) electrons. The molecule has 0 aromatic carbocycles. The lowest BCUT2D eigenvalue weighted by molar-refractivity contribution is 0.0820. The number of rotatable bonds is 5. The van der Waals surface area contributed by atoms with Crippen molar-refractivity contribution in [2.24, 2.45) is 5.92 Å². The molecule has 1 unspecified atom stereocenters. The molecule has 21 heavy (non-hydrogen) atoms. The normalized spacial score (nSPS) is 17.8. The maximum absolute atomic E-state index is 12.2. The molecule has 7 heteroatoms. The maximum Gasteiger partial charge on any atom is 0.323 e. The van der Waals surface area contributed by atoms with E-state index in [-0.39, 0.29) is 12.1 Å². The fraction of sp³-hybridized carbons (Fsp3) is 0.786. The van der Waals surface area contributed by atoms with Crippen LogP contribution in [-0.4, -0.2) is 45.4 Å². The summed E-state index contributed by atoms with van der Waals surface area (Å²) in [6.07, 6.45) is 4.55. The van der Waals surface area contributed by atoms with Crippen LogP contribution in [0.1, 0.15) is 44.5 Å². The molecule has 2 amide bonds. The first-order chi connectivity index (χ1) is 10.1. The Morgan fingerprint density at radius 1 is 1.48 bits per heavy atom. The summed E-state index contributed by atoms with van der Waals surface area (Å²) >= 11 is 1.45. The Morgan fingerprint density at radius 3 is 2.81 bits per heavy atom. The quantitative estimate of drug-likeness (QED) is 0.875. The first-order valence-electron chi connectivity index (χ1n) is 7.66. The van der Waals surface area contributed by atoms with E-state index in [2.05, 4.69) is 22.4 Å². The van der Waals surface area contributed by atoms with Crippen LogP contribution in [0.2, 0.25) is 0 Å². The van der Waals surface area contributed by atoms with Gasteiger partial charge in [0, 0.05) is 19.5 Å². The lowest BCUT2D eigenvalue weighted by Crippen LogP contribution is -2.42. The fourth-order valence-electron chi connectivity index (χ4n) is 2.49. The molecule has 0 spiro atoms. The van der Waals surface area contributed by atoms with Crippen molar-refractivity contribution in [1.29, 1.82) is 0 Å². The topological polar surface area (TPSA) is 78.4 Å². The zero-order valence-corrected chi connectivity index (χ0v) is 13.5. The Hall–Kier alpha value is -1.21. The third kappa shape index (κ3) is 4.64. The molecule has 6 nitrogen and oxygen atoms in total. The monoisotopic (exact) mass is 312 g/mol. The molecule has 1 aromatic heterocycles. The summed E-state index contributed by atoms with van der Waals surface area (Å²) in [5.41, 5.74) is 0. The van der Waals surface area contributed by atoms with Gasteiger partial charge in [-0.2, -0.15) is 0 Å². The Bertz CT molecular complexity index is 456. The van der Waals surface area contributed by atoms with Gasteiger partial charge < -0.3 is 10.0 Å². The molecule has 2 N–H and O–H groups in total. The van der Waals surface area contributed by atoms with Crippen molar-refractivity contribution < 1.29 is 9.90 Å². The van der Waals surface area contributed by atoms with Gasteiger partial charge in [0.2, 0.25) is 5.13 Å². The summed E-state index contributed by atoms with van der Waals surface area (Å²) < 4.78 is 0. The molecule has 1 atom stereocenters. The number of nitrogens with one attached hydrogen (secondary N) is 1. The summed E-state index contributed by atoms with van der Waals surface area (Å²) in [6, 6.07) is -0.114. The molecule has 1 saturated heterocycles. The van der Waals surface area contributed by atoms with Crippen molar-refractivity contribution in [1.82, 2.24) is 15.1 Å². The number of hydrogen-bond donors (Lipinski definition) is 2. The van der Waals surface area contributed by atoms with E-state index in [1.54, 1.807) is 4.90 Å². The molecule has 1 aromatic rings. The van der Waals surface area contributed by atoms with Crippen LogP contribution >= 0.6 is 11.3 Å². The molecule has 2 rings (SSSR count). The van der Waals surface area contributed by atoms with Crippen LogP contribution in [0.25, 0.3) is 0 Å². The van der Waals surface area contributed by atoms with E-state index in [1.807, 2.05) is 6.92 Å². The van der Waals surface area contributed by atoms with E-state index >= 15 is 0 Å². The zero-order valence-electron chi connectivity index (χ0n) is 12.7. The number of carbonyl (C=O) groups is 1. The number of aliphatic hydroxyl groups excluding tert-OH is 1. The average Bonchev–Trinajstić information content (AvgIpc) is 2.92. The Kier molecular flexibility index (Phi) is 5.93. The van der Waals surface area contributed by atoms with Gasteiger partial charge in [0.15, 0.2) is 0 Å². The summed E-state index contributed by atoms with van der Waals surface area (Å²) in [7, 11) is 0. The first kappa shape index (κ1) is 16.2. The van der Waals surface area contributed by atoms with Gasteiger partial charge in [-0.05, 0) is 32.1 Å². The van der Waals surface area contributed by atoms with E-state index in [0.29, 0.717) is 24.1 Å². The van der Waals surface area contributed by atoms with Crippen molar-refractivity contribution in [3.8, 4) is 0 Å². The molecule has 2 heterocycles. The number of amides is 2. The highest BCUT2D eigenvalue weighted by Gasteiger charge is 2.25. The van der Waals surface area contributed by atoms with Gasteiger partial charge in [-0.3, -0.25) is 5.32 Å². The third-order valence-corrected chi connectivity index (χ3v) is 4.83. The number of nitrogens with zero attached hydrogens (tertiary/aromatic N) is 3. The van der Waals surface area contributed by atoms with Crippen LogP contribution in [0.5, 0.6) is 0 Å². The van der Waals surface area contributed by atoms with Crippen molar-refractivity contribution in [3.05, 3.63) is 5.01 Å². The predicted molar refractivity (Wildman–Crippen MR) is 83.5 cm³/mol. The maximum atomic E-state index is 12.2. The SMILES string of the molecule is CCCCc1nnc(NC(=O)N2CCC(C(C)O)CC2)s1. The second-order valence-electron chi connectivity index (χ2n) is 5.60. The van der Waals surface area contributed by atoms with E-state index < -0.39 is 0 Å². The van der Waals surface area contributed by atoms with Gasteiger partial charge in [-0.25, -0.2) is 4.79 Å². The molecular formula is C14H24N4O2S. The minimum atomic E-state index is -0.292. The molecule has 0 bridgehead atoms.